The summed E-state index contributed by atoms with van der Waals surface area (Å²) >= 11 is 3.40. The monoisotopic (exact) mass is 307 g/mol. The molecule has 0 saturated heterocycles. The van der Waals surface area contributed by atoms with E-state index in [1.807, 2.05) is 18.2 Å². The molecule has 1 fully saturated rings. The molecule has 20 heavy (non-hydrogen) atoms. The summed E-state index contributed by atoms with van der Waals surface area (Å²) in [5.41, 5.74) is 6.47. The second-order valence-corrected chi connectivity index (χ2v) is 7.35. The largest absolute Gasteiger partial charge is 0.368 e. The van der Waals surface area contributed by atoms with Crippen LogP contribution in [-0.4, -0.2) is 28.7 Å². The summed E-state index contributed by atoms with van der Waals surface area (Å²) in [7, 11) is 0. The van der Waals surface area contributed by atoms with E-state index in [-0.39, 0.29) is 11.9 Å². The summed E-state index contributed by atoms with van der Waals surface area (Å²) in [6.45, 7) is 0. The van der Waals surface area contributed by atoms with Crippen LogP contribution in [-0.2, 0) is 4.79 Å². The lowest BCUT2D eigenvalue weighted by Gasteiger charge is -2.13. The van der Waals surface area contributed by atoms with Gasteiger partial charge in [-0.05, 0) is 31.4 Å². The van der Waals surface area contributed by atoms with E-state index < -0.39 is 0 Å². The average molecular weight is 307 g/mol. The zero-order valence-electron chi connectivity index (χ0n) is 11.0. The fraction of sp³-hybridized carbons (Fsp3) is 0.429. The number of hydrogen-bond acceptors (Lipinski definition) is 5. The van der Waals surface area contributed by atoms with Crippen LogP contribution in [0.25, 0.3) is 10.2 Å². The number of thiazole rings is 1. The van der Waals surface area contributed by atoms with Crippen LogP contribution in [0.1, 0.15) is 19.3 Å². The van der Waals surface area contributed by atoms with Gasteiger partial charge in [-0.25, -0.2) is 4.98 Å². The van der Waals surface area contributed by atoms with Gasteiger partial charge in [-0.3, -0.25) is 4.79 Å². The Balaban J connectivity index is 1.54. The van der Waals surface area contributed by atoms with Crippen molar-refractivity contribution in [2.45, 2.75) is 35.7 Å². The van der Waals surface area contributed by atoms with Crippen LogP contribution in [0.5, 0.6) is 0 Å². The van der Waals surface area contributed by atoms with Gasteiger partial charge in [0, 0.05) is 11.8 Å². The molecule has 0 spiro atoms. The minimum atomic E-state index is -0.248. The first-order valence-corrected chi connectivity index (χ1v) is 8.56. The molecule has 1 atom stereocenters. The Morgan fingerprint density at radius 1 is 1.50 bits per heavy atom. The van der Waals surface area contributed by atoms with E-state index in [0.717, 1.165) is 34.9 Å². The van der Waals surface area contributed by atoms with Crippen LogP contribution in [0, 0.1) is 0 Å². The maximum Gasteiger partial charge on any atom is 0.234 e. The number of rotatable bonds is 7. The fourth-order valence-electron chi connectivity index (χ4n) is 2.02. The van der Waals surface area contributed by atoms with Gasteiger partial charge in [0.15, 0.2) is 4.34 Å². The zero-order valence-corrected chi connectivity index (χ0v) is 12.7. The predicted octanol–water partition coefficient (Wildman–Crippen LogP) is 2.38. The van der Waals surface area contributed by atoms with Crippen molar-refractivity contribution in [1.82, 2.24) is 10.3 Å². The highest BCUT2D eigenvalue weighted by molar-refractivity contribution is 8.01. The van der Waals surface area contributed by atoms with Gasteiger partial charge in [0.2, 0.25) is 5.91 Å². The van der Waals surface area contributed by atoms with Gasteiger partial charge in [-0.2, -0.15) is 0 Å². The SMILES string of the molecule is NC(=O)C(CCSc1nc2ccccc2s1)NC1CC1. The number of carbonyl (C=O) groups is 1. The molecule has 1 aliphatic rings. The van der Waals surface area contributed by atoms with E-state index in [1.54, 1.807) is 23.1 Å². The van der Waals surface area contributed by atoms with Crippen molar-refractivity contribution in [3.8, 4) is 0 Å². The number of nitrogens with one attached hydrogen (secondary N) is 1. The number of para-hydroxylation sites is 1. The summed E-state index contributed by atoms with van der Waals surface area (Å²) in [6.07, 6.45) is 3.08. The van der Waals surface area contributed by atoms with E-state index >= 15 is 0 Å². The fourth-order valence-corrected chi connectivity index (χ4v) is 4.16. The Labute approximate surface area is 126 Å². The van der Waals surface area contributed by atoms with E-state index in [0.29, 0.717) is 6.04 Å². The van der Waals surface area contributed by atoms with Crippen molar-refractivity contribution in [1.29, 1.82) is 0 Å². The first-order valence-electron chi connectivity index (χ1n) is 6.76. The average Bonchev–Trinajstić information content (AvgIpc) is 3.15. The number of amides is 1. The number of fused-ring (bicyclic) bond motifs is 1. The van der Waals surface area contributed by atoms with Gasteiger partial charge in [0.1, 0.15) is 0 Å². The van der Waals surface area contributed by atoms with Gasteiger partial charge in [0.05, 0.1) is 16.3 Å². The third-order valence-electron chi connectivity index (χ3n) is 3.26. The lowest BCUT2D eigenvalue weighted by Crippen LogP contribution is -2.42. The molecule has 1 saturated carbocycles. The van der Waals surface area contributed by atoms with Gasteiger partial charge in [-0.1, -0.05) is 23.9 Å². The molecular formula is C14H17N3OS2. The van der Waals surface area contributed by atoms with Crippen LogP contribution in [0.3, 0.4) is 0 Å². The van der Waals surface area contributed by atoms with Crippen LogP contribution in [0.2, 0.25) is 0 Å². The second kappa shape index (κ2) is 6.11. The van der Waals surface area contributed by atoms with Crippen molar-refractivity contribution in [2.75, 3.05) is 5.75 Å². The summed E-state index contributed by atoms with van der Waals surface area (Å²) < 4.78 is 2.26. The summed E-state index contributed by atoms with van der Waals surface area (Å²) in [6, 6.07) is 8.43. The Bertz CT molecular complexity index is 576. The number of aromatic nitrogens is 1. The molecule has 3 N–H and O–H groups in total. The molecule has 106 valence electrons. The van der Waals surface area contributed by atoms with Gasteiger partial charge in [-0.15, -0.1) is 11.3 Å². The first kappa shape index (κ1) is 13.9. The maximum absolute atomic E-state index is 11.4. The highest BCUT2D eigenvalue weighted by Gasteiger charge is 2.26. The molecule has 0 radical (unpaired) electrons. The molecule has 4 nitrogen and oxygen atoms in total. The molecule has 0 aliphatic heterocycles. The summed E-state index contributed by atoms with van der Waals surface area (Å²) in [4.78, 5) is 16.0. The van der Waals surface area contributed by atoms with Crippen molar-refractivity contribution >= 4 is 39.2 Å². The maximum atomic E-state index is 11.4. The number of benzene rings is 1. The van der Waals surface area contributed by atoms with Crippen LogP contribution < -0.4 is 11.1 Å². The number of hydrogen-bond donors (Lipinski definition) is 2. The van der Waals surface area contributed by atoms with Crippen molar-refractivity contribution in [2.24, 2.45) is 5.73 Å². The molecule has 1 heterocycles. The van der Waals surface area contributed by atoms with Gasteiger partial charge >= 0.3 is 0 Å². The smallest absolute Gasteiger partial charge is 0.234 e. The number of thioether (sulfide) groups is 1. The molecule has 1 aromatic heterocycles. The summed E-state index contributed by atoms with van der Waals surface area (Å²) in [5, 5.41) is 3.30. The lowest BCUT2D eigenvalue weighted by atomic mass is 10.2. The minimum absolute atomic E-state index is 0.204. The topological polar surface area (TPSA) is 68.0 Å². The molecule has 1 aromatic carbocycles. The third kappa shape index (κ3) is 3.50. The minimum Gasteiger partial charge on any atom is -0.368 e. The van der Waals surface area contributed by atoms with Crippen molar-refractivity contribution in [3.63, 3.8) is 0 Å². The highest BCUT2D eigenvalue weighted by atomic mass is 32.2. The molecule has 6 heteroatoms. The first-order chi connectivity index (χ1) is 9.72. The summed E-state index contributed by atoms with van der Waals surface area (Å²) in [5.74, 6) is 0.606. The third-order valence-corrected chi connectivity index (χ3v) is 5.48. The number of nitrogens with two attached hydrogens (primary N) is 1. The van der Waals surface area contributed by atoms with Crippen LogP contribution in [0.15, 0.2) is 28.6 Å². The van der Waals surface area contributed by atoms with Gasteiger partial charge < -0.3 is 11.1 Å². The molecule has 1 unspecified atom stereocenters. The number of carbonyl (C=O) groups excluding carboxylic acids is 1. The molecular weight excluding hydrogens is 290 g/mol. The van der Waals surface area contributed by atoms with E-state index in [9.17, 15) is 4.79 Å². The van der Waals surface area contributed by atoms with E-state index in [1.165, 1.54) is 4.70 Å². The molecule has 2 aromatic rings. The van der Waals surface area contributed by atoms with Crippen molar-refractivity contribution < 1.29 is 4.79 Å². The Morgan fingerprint density at radius 2 is 2.30 bits per heavy atom. The lowest BCUT2D eigenvalue weighted by molar-refractivity contribution is -0.120. The molecule has 1 amide bonds. The van der Waals surface area contributed by atoms with E-state index in [2.05, 4.69) is 16.4 Å². The number of primary amides is 1. The highest BCUT2D eigenvalue weighted by Crippen LogP contribution is 2.30. The molecule has 3 rings (SSSR count). The Kier molecular flexibility index (Phi) is 4.24. The Hall–Kier alpha value is -1.11. The second-order valence-electron chi connectivity index (χ2n) is 4.98. The van der Waals surface area contributed by atoms with Gasteiger partial charge in [0.25, 0.3) is 0 Å². The van der Waals surface area contributed by atoms with E-state index in [4.69, 9.17) is 5.73 Å². The normalized spacial score (nSPS) is 16.4. The number of nitrogens with zero attached hydrogens (tertiary/aromatic N) is 1. The molecule has 1 aliphatic carbocycles. The van der Waals surface area contributed by atoms with Crippen molar-refractivity contribution in [3.05, 3.63) is 24.3 Å². The predicted molar refractivity (Wildman–Crippen MR) is 84.1 cm³/mol. The van der Waals surface area contributed by atoms with Crippen LogP contribution >= 0.6 is 23.1 Å². The zero-order chi connectivity index (χ0) is 13.9. The Morgan fingerprint density at radius 3 is 3.00 bits per heavy atom. The molecule has 0 bridgehead atoms. The standard InChI is InChI=1S/C14H17N3OS2/c15-13(18)11(16-9-5-6-9)7-8-19-14-17-10-3-1-2-4-12(10)20-14/h1-4,9,11,16H,5-8H2,(H2,15,18). The quantitative estimate of drug-likeness (QED) is 0.771. The van der Waals surface area contributed by atoms with Crippen LogP contribution in [0.4, 0.5) is 0 Å².